The van der Waals surface area contributed by atoms with Gasteiger partial charge in [0.1, 0.15) is 0 Å². The number of ether oxygens (including phenoxy) is 2. The van der Waals surface area contributed by atoms with Gasteiger partial charge in [0.2, 0.25) is 0 Å². The lowest BCUT2D eigenvalue weighted by molar-refractivity contribution is -0.253. The molecule has 3 aromatic rings. The summed E-state index contributed by atoms with van der Waals surface area (Å²) in [5, 5.41) is 15.0. The van der Waals surface area contributed by atoms with E-state index in [0.29, 0.717) is 12.2 Å². The van der Waals surface area contributed by atoms with E-state index in [2.05, 4.69) is 50.8 Å². The highest BCUT2D eigenvalue weighted by Crippen LogP contribution is 2.38. The number of nitrogens with zero attached hydrogens (tertiary/aromatic N) is 2. The van der Waals surface area contributed by atoms with Gasteiger partial charge in [-0.3, -0.25) is 9.80 Å². The topological polar surface area (TPSA) is 86.3 Å². The number of amides is 2. The summed E-state index contributed by atoms with van der Waals surface area (Å²) in [6.45, 7) is 8.40. The second kappa shape index (κ2) is 13.9. The third kappa shape index (κ3) is 7.68. The minimum absolute atomic E-state index is 0.00933. The summed E-state index contributed by atoms with van der Waals surface area (Å²) >= 11 is 0. The zero-order valence-corrected chi connectivity index (χ0v) is 23.2. The summed E-state index contributed by atoms with van der Waals surface area (Å²) in [5.41, 5.74) is 4.95. The van der Waals surface area contributed by atoms with Crippen LogP contribution in [-0.2, 0) is 22.6 Å². The first-order valence-electron chi connectivity index (χ1n) is 14.2. The normalized spacial score (nSPS) is 22.1. The smallest absolute Gasteiger partial charge is 0.319 e. The summed E-state index contributed by atoms with van der Waals surface area (Å²) in [7, 11) is 0. The van der Waals surface area contributed by atoms with Crippen molar-refractivity contribution in [1.82, 2.24) is 15.1 Å². The third-order valence-electron chi connectivity index (χ3n) is 7.57. The highest BCUT2D eigenvalue weighted by molar-refractivity contribution is 5.89. The predicted octanol–water partition coefficient (Wildman–Crippen LogP) is 4.68. The fourth-order valence-electron chi connectivity index (χ4n) is 5.35. The van der Waals surface area contributed by atoms with Gasteiger partial charge < -0.3 is 25.2 Å². The molecule has 5 rings (SSSR count). The van der Waals surface area contributed by atoms with Gasteiger partial charge in [-0.1, -0.05) is 66.7 Å². The molecule has 40 heavy (non-hydrogen) atoms. The Kier molecular flexibility index (Phi) is 9.81. The molecule has 0 aliphatic carbocycles. The van der Waals surface area contributed by atoms with Crippen LogP contribution >= 0.6 is 0 Å². The van der Waals surface area contributed by atoms with Crippen LogP contribution in [0.4, 0.5) is 10.5 Å². The van der Waals surface area contributed by atoms with Crippen molar-refractivity contribution in [2.75, 3.05) is 44.6 Å². The van der Waals surface area contributed by atoms with Gasteiger partial charge in [-0.05, 0) is 35.7 Å². The zero-order chi connectivity index (χ0) is 27.7. The molecule has 2 amide bonds. The number of aliphatic hydroxyl groups is 1. The van der Waals surface area contributed by atoms with Gasteiger partial charge in [-0.15, -0.1) is 0 Å². The van der Waals surface area contributed by atoms with Crippen molar-refractivity contribution < 1.29 is 19.4 Å². The number of piperazine rings is 1. The number of rotatable bonds is 9. The standard InChI is InChI=1S/C32H40N4O4/c1-2-33-32(38)34-28-14-12-27(13-15-28)31-39-29(20-30(40-31)26-10-8-25(23-37)9-11-26)22-36-18-16-35(17-19-36)21-24-6-4-3-5-7-24/h3-15,29-31,37H,2,16-23H2,1H3,(H2,33,34,38). The minimum Gasteiger partial charge on any atom is -0.392 e. The maximum Gasteiger partial charge on any atom is 0.319 e. The molecule has 2 aliphatic rings. The van der Waals surface area contributed by atoms with E-state index < -0.39 is 6.29 Å². The lowest BCUT2D eigenvalue weighted by Gasteiger charge is -2.40. The number of benzene rings is 3. The number of hydrogen-bond acceptors (Lipinski definition) is 6. The van der Waals surface area contributed by atoms with Crippen LogP contribution in [0.1, 0.15) is 48.0 Å². The first-order chi connectivity index (χ1) is 19.6. The molecule has 8 heteroatoms. The Hall–Kier alpha value is -3.27. The molecule has 3 unspecified atom stereocenters. The van der Waals surface area contributed by atoms with Gasteiger partial charge in [-0.25, -0.2) is 4.79 Å². The molecule has 2 heterocycles. The summed E-state index contributed by atoms with van der Waals surface area (Å²) < 4.78 is 13.0. The van der Waals surface area contributed by atoms with Crippen molar-refractivity contribution in [3.63, 3.8) is 0 Å². The van der Waals surface area contributed by atoms with Gasteiger partial charge in [-0.2, -0.15) is 0 Å². The molecule has 0 aromatic heterocycles. The van der Waals surface area contributed by atoms with Crippen LogP contribution in [0.3, 0.4) is 0 Å². The molecule has 0 spiro atoms. The molecule has 212 valence electrons. The maximum atomic E-state index is 11.9. The average molecular weight is 545 g/mol. The number of aliphatic hydroxyl groups excluding tert-OH is 1. The van der Waals surface area contributed by atoms with Crippen LogP contribution in [0.2, 0.25) is 0 Å². The van der Waals surface area contributed by atoms with E-state index in [1.54, 1.807) is 0 Å². The number of carbonyl (C=O) groups excluding carboxylic acids is 1. The Morgan fingerprint density at radius 1 is 0.850 bits per heavy atom. The summed E-state index contributed by atoms with van der Waals surface area (Å²) in [6.07, 6.45) is 0.133. The molecule has 0 bridgehead atoms. The molecule has 3 atom stereocenters. The fraction of sp³-hybridized carbons (Fsp3) is 0.406. The van der Waals surface area contributed by atoms with Gasteiger partial charge >= 0.3 is 6.03 Å². The monoisotopic (exact) mass is 544 g/mol. The van der Waals surface area contributed by atoms with Gasteiger partial charge in [0.25, 0.3) is 0 Å². The summed E-state index contributed by atoms with van der Waals surface area (Å²) in [4.78, 5) is 16.9. The molecular weight excluding hydrogens is 504 g/mol. The number of carbonyl (C=O) groups is 1. The lowest BCUT2D eigenvalue weighted by atomic mass is 9.99. The lowest BCUT2D eigenvalue weighted by Crippen LogP contribution is -2.49. The minimum atomic E-state index is -0.515. The van der Waals surface area contributed by atoms with Crippen LogP contribution in [-0.4, -0.2) is 66.3 Å². The van der Waals surface area contributed by atoms with Crippen molar-refractivity contribution in [2.45, 2.75) is 45.0 Å². The predicted molar refractivity (Wildman–Crippen MR) is 156 cm³/mol. The molecule has 2 saturated heterocycles. The van der Waals surface area contributed by atoms with Crippen LogP contribution < -0.4 is 10.6 Å². The van der Waals surface area contributed by atoms with E-state index in [1.807, 2.05) is 55.5 Å². The largest absolute Gasteiger partial charge is 0.392 e. The van der Waals surface area contributed by atoms with Crippen molar-refractivity contribution in [1.29, 1.82) is 0 Å². The first kappa shape index (κ1) is 28.3. The molecule has 2 fully saturated rings. The fourth-order valence-corrected chi connectivity index (χ4v) is 5.35. The SMILES string of the molecule is CCNC(=O)Nc1ccc(C2OC(CN3CCN(Cc4ccccc4)CC3)CC(c3ccc(CO)cc3)O2)cc1. The highest BCUT2D eigenvalue weighted by atomic mass is 16.7. The zero-order valence-electron chi connectivity index (χ0n) is 23.2. The Balaban J connectivity index is 1.24. The van der Waals surface area contributed by atoms with E-state index in [0.717, 1.165) is 62.4 Å². The number of nitrogens with one attached hydrogen (secondary N) is 2. The van der Waals surface area contributed by atoms with Gasteiger partial charge in [0, 0.05) is 63.5 Å². The molecule has 8 nitrogen and oxygen atoms in total. The van der Waals surface area contributed by atoms with Crippen molar-refractivity contribution in [2.24, 2.45) is 0 Å². The van der Waals surface area contributed by atoms with E-state index >= 15 is 0 Å². The quantitative estimate of drug-likeness (QED) is 0.363. The molecule has 3 N–H and O–H groups in total. The van der Waals surface area contributed by atoms with Crippen LogP contribution in [0.15, 0.2) is 78.9 Å². The van der Waals surface area contributed by atoms with Gasteiger partial charge in [0.05, 0.1) is 18.8 Å². The number of anilines is 1. The Morgan fingerprint density at radius 2 is 1.52 bits per heavy atom. The Labute approximate surface area is 236 Å². The first-order valence-corrected chi connectivity index (χ1v) is 14.2. The summed E-state index contributed by atoms with van der Waals surface area (Å²) in [6, 6.07) is 26.0. The molecule has 0 radical (unpaired) electrons. The van der Waals surface area contributed by atoms with Crippen LogP contribution in [0.25, 0.3) is 0 Å². The van der Waals surface area contributed by atoms with Crippen LogP contribution in [0, 0.1) is 0 Å². The highest BCUT2D eigenvalue weighted by Gasteiger charge is 2.33. The molecule has 3 aromatic carbocycles. The van der Waals surface area contributed by atoms with Gasteiger partial charge in [0.15, 0.2) is 6.29 Å². The van der Waals surface area contributed by atoms with Crippen molar-refractivity contribution in [3.8, 4) is 0 Å². The molecule has 0 saturated carbocycles. The third-order valence-corrected chi connectivity index (χ3v) is 7.57. The van der Waals surface area contributed by atoms with E-state index in [4.69, 9.17) is 9.47 Å². The molecule has 2 aliphatic heterocycles. The Morgan fingerprint density at radius 3 is 2.20 bits per heavy atom. The number of urea groups is 1. The van der Waals surface area contributed by atoms with Crippen molar-refractivity contribution >= 4 is 11.7 Å². The second-order valence-electron chi connectivity index (χ2n) is 10.5. The van der Waals surface area contributed by atoms with Crippen molar-refractivity contribution in [3.05, 3.63) is 101 Å². The average Bonchev–Trinajstić information content (AvgIpc) is 2.99. The Bertz CT molecular complexity index is 1200. The maximum absolute atomic E-state index is 11.9. The molecular formula is C32H40N4O4. The number of hydrogen-bond donors (Lipinski definition) is 3. The van der Waals surface area contributed by atoms with Crippen LogP contribution in [0.5, 0.6) is 0 Å². The van der Waals surface area contributed by atoms with E-state index in [9.17, 15) is 9.90 Å². The second-order valence-corrected chi connectivity index (χ2v) is 10.5. The van der Waals surface area contributed by atoms with E-state index in [-0.39, 0.29) is 24.8 Å². The summed E-state index contributed by atoms with van der Waals surface area (Å²) in [5.74, 6) is 0. The van der Waals surface area contributed by atoms with E-state index in [1.165, 1.54) is 5.56 Å².